The van der Waals surface area contributed by atoms with Gasteiger partial charge in [0.2, 0.25) is 5.91 Å². The van der Waals surface area contributed by atoms with Crippen LogP contribution in [-0.4, -0.2) is 56.9 Å². The lowest BCUT2D eigenvalue weighted by Crippen LogP contribution is -2.45. The lowest BCUT2D eigenvalue weighted by molar-refractivity contribution is -0.116. The second kappa shape index (κ2) is 11.2. The van der Waals surface area contributed by atoms with Crippen LogP contribution in [0.5, 0.6) is 0 Å². The minimum absolute atomic E-state index is 0.186. The van der Waals surface area contributed by atoms with Gasteiger partial charge in [-0.15, -0.1) is 0 Å². The number of aromatic nitrogens is 3. The molecule has 1 aromatic carbocycles. The molecule has 1 aliphatic heterocycles. The summed E-state index contributed by atoms with van der Waals surface area (Å²) in [6, 6.07) is 13.6. The summed E-state index contributed by atoms with van der Waals surface area (Å²) in [6.07, 6.45) is 10.2. The summed E-state index contributed by atoms with van der Waals surface area (Å²) in [5, 5.41) is 7.73. The second-order valence-electron chi connectivity index (χ2n) is 9.97. The molecule has 1 saturated heterocycles. The highest BCUT2D eigenvalue weighted by Crippen LogP contribution is 2.24. The Morgan fingerprint density at radius 3 is 2.69 bits per heavy atom. The molecule has 1 atom stereocenters. The van der Waals surface area contributed by atoms with Crippen molar-refractivity contribution in [1.29, 1.82) is 0 Å². The van der Waals surface area contributed by atoms with Gasteiger partial charge < -0.3 is 15.0 Å². The van der Waals surface area contributed by atoms with E-state index in [0.29, 0.717) is 19.6 Å². The Bertz CT molecular complexity index is 1200. The molecule has 8 nitrogen and oxygen atoms in total. The summed E-state index contributed by atoms with van der Waals surface area (Å²) < 4.78 is 7.30. The van der Waals surface area contributed by atoms with Gasteiger partial charge in [-0.05, 0) is 69.9 Å². The van der Waals surface area contributed by atoms with Gasteiger partial charge in [0.25, 0.3) is 0 Å². The van der Waals surface area contributed by atoms with Gasteiger partial charge in [0.05, 0.1) is 5.69 Å². The lowest BCUT2D eigenvalue weighted by atomic mass is 9.98. The Morgan fingerprint density at radius 2 is 1.97 bits per heavy atom. The minimum atomic E-state index is -0.522. The van der Waals surface area contributed by atoms with Crippen LogP contribution in [0.2, 0.25) is 0 Å². The summed E-state index contributed by atoms with van der Waals surface area (Å²) >= 11 is 0. The molecule has 0 radical (unpaired) electrons. The number of piperidine rings is 1. The Morgan fingerprint density at radius 1 is 1.17 bits per heavy atom. The zero-order valence-electron chi connectivity index (χ0n) is 21.1. The molecule has 3 heterocycles. The van der Waals surface area contributed by atoms with Gasteiger partial charge in [-0.25, -0.2) is 9.48 Å². The highest BCUT2D eigenvalue weighted by atomic mass is 16.6. The van der Waals surface area contributed by atoms with Crippen LogP contribution in [0, 0.1) is 5.92 Å². The summed E-state index contributed by atoms with van der Waals surface area (Å²) in [5.41, 5.74) is 2.84. The van der Waals surface area contributed by atoms with Crippen LogP contribution in [0.1, 0.15) is 39.2 Å². The van der Waals surface area contributed by atoms with Crippen molar-refractivity contribution in [2.75, 3.05) is 19.6 Å². The molecule has 188 valence electrons. The molecule has 3 aromatic rings. The Kier molecular flexibility index (Phi) is 7.83. The Balaban J connectivity index is 1.40. The summed E-state index contributed by atoms with van der Waals surface area (Å²) in [5.74, 6) is 0.00407. The van der Waals surface area contributed by atoms with Gasteiger partial charge in [0, 0.05) is 55.4 Å². The quantitative estimate of drug-likeness (QED) is 0.509. The van der Waals surface area contributed by atoms with E-state index in [4.69, 9.17) is 9.84 Å². The van der Waals surface area contributed by atoms with Crippen LogP contribution >= 0.6 is 0 Å². The van der Waals surface area contributed by atoms with Crippen LogP contribution in [0.4, 0.5) is 4.79 Å². The number of carbonyl (C=O) groups is 2. The van der Waals surface area contributed by atoms with Gasteiger partial charge in [0.15, 0.2) is 0 Å². The van der Waals surface area contributed by atoms with Crippen LogP contribution in [0.25, 0.3) is 23.0 Å². The fraction of sp³-hybridized carbons (Fsp3) is 0.357. The number of carbonyl (C=O) groups excluding carboxylic acids is 2. The standard InChI is InChI=1S/C28H33N5O3/c1-28(2,3)36-27(35)32-16-8-9-21(19-32)17-30-25(34)14-13-23-20-33(24-11-5-4-6-12-24)31-26(23)22-10-7-15-29-18-22/h4-7,10-15,18,20-21H,8-9,16-17,19H2,1-3H3,(H,30,34). The molecule has 4 rings (SSSR count). The Hall–Kier alpha value is -3.94. The average molecular weight is 488 g/mol. The maximum Gasteiger partial charge on any atom is 0.410 e. The maximum absolute atomic E-state index is 12.6. The van der Waals surface area contributed by atoms with Crippen molar-refractivity contribution >= 4 is 18.1 Å². The fourth-order valence-electron chi connectivity index (χ4n) is 4.14. The van der Waals surface area contributed by atoms with Crippen LogP contribution in [-0.2, 0) is 9.53 Å². The Labute approximate surface area is 212 Å². The minimum Gasteiger partial charge on any atom is -0.444 e. The highest BCUT2D eigenvalue weighted by molar-refractivity contribution is 5.92. The zero-order chi connectivity index (χ0) is 25.5. The number of likely N-dealkylation sites (tertiary alicyclic amines) is 1. The third-order valence-electron chi connectivity index (χ3n) is 5.85. The normalized spacial score (nSPS) is 16.2. The number of amides is 2. The van der Waals surface area contributed by atoms with Crippen LogP contribution in [0.15, 0.2) is 67.1 Å². The van der Waals surface area contributed by atoms with Gasteiger partial charge in [-0.2, -0.15) is 5.10 Å². The molecule has 1 unspecified atom stereocenters. The van der Waals surface area contributed by atoms with Crippen LogP contribution < -0.4 is 5.32 Å². The van der Waals surface area contributed by atoms with E-state index in [0.717, 1.165) is 35.3 Å². The van der Waals surface area contributed by atoms with E-state index in [-0.39, 0.29) is 17.9 Å². The van der Waals surface area contributed by atoms with Crippen molar-refractivity contribution in [3.05, 3.63) is 72.7 Å². The van der Waals surface area contributed by atoms with E-state index < -0.39 is 5.60 Å². The average Bonchev–Trinajstić information content (AvgIpc) is 3.31. The molecule has 36 heavy (non-hydrogen) atoms. The zero-order valence-corrected chi connectivity index (χ0v) is 21.1. The van der Waals surface area contributed by atoms with Crippen molar-refractivity contribution in [2.45, 2.75) is 39.2 Å². The van der Waals surface area contributed by atoms with Gasteiger partial charge in [-0.1, -0.05) is 18.2 Å². The number of hydrogen-bond acceptors (Lipinski definition) is 5. The van der Waals surface area contributed by atoms with E-state index in [1.54, 1.807) is 28.1 Å². The number of benzene rings is 1. The molecule has 1 N–H and O–H groups in total. The van der Waals surface area contributed by atoms with Crippen molar-refractivity contribution in [3.63, 3.8) is 0 Å². The smallest absolute Gasteiger partial charge is 0.410 e. The number of ether oxygens (including phenoxy) is 1. The largest absolute Gasteiger partial charge is 0.444 e. The van der Waals surface area contributed by atoms with Crippen molar-refractivity contribution in [1.82, 2.24) is 25.0 Å². The number of pyridine rings is 1. The molecule has 0 saturated carbocycles. The first-order chi connectivity index (χ1) is 17.3. The first-order valence-electron chi connectivity index (χ1n) is 12.3. The topological polar surface area (TPSA) is 89.4 Å². The van der Waals surface area contributed by atoms with E-state index in [2.05, 4.69) is 10.3 Å². The van der Waals surface area contributed by atoms with E-state index >= 15 is 0 Å². The van der Waals surface area contributed by atoms with E-state index in [1.165, 1.54) is 6.08 Å². The third-order valence-corrected chi connectivity index (χ3v) is 5.85. The van der Waals surface area contributed by atoms with Gasteiger partial charge in [-0.3, -0.25) is 9.78 Å². The fourth-order valence-corrected chi connectivity index (χ4v) is 4.14. The molecular formula is C28H33N5O3. The monoisotopic (exact) mass is 487 g/mol. The number of nitrogens with one attached hydrogen (secondary N) is 1. The van der Waals surface area contributed by atoms with E-state index in [9.17, 15) is 9.59 Å². The summed E-state index contributed by atoms with van der Waals surface area (Å²) in [7, 11) is 0. The first kappa shape index (κ1) is 25.2. The number of para-hydroxylation sites is 1. The first-order valence-corrected chi connectivity index (χ1v) is 12.3. The lowest BCUT2D eigenvalue weighted by Gasteiger charge is -2.34. The van der Waals surface area contributed by atoms with Crippen LogP contribution in [0.3, 0.4) is 0 Å². The molecule has 0 spiro atoms. The molecule has 2 amide bonds. The second-order valence-corrected chi connectivity index (χ2v) is 9.97. The molecule has 0 bridgehead atoms. The number of rotatable bonds is 6. The van der Waals surface area contributed by atoms with Gasteiger partial charge in [0.1, 0.15) is 11.3 Å². The summed E-state index contributed by atoms with van der Waals surface area (Å²) in [6.45, 7) is 7.35. The molecule has 8 heteroatoms. The van der Waals surface area contributed by atoms with Gasteiger partial charge >= 0.3 is 6.09 Å². The summed E-state index contributed by atoms with van der Waals surface area (Å²) in [4.78, 5) is 31.0. The number of nitrogens with zero attached hydrogens (tertiary/aromatic N) is 4. The van der Waals surface area contributed by atoms with Crippen molar-refractivity contribution < 1.29 is 14.3 Å². The number of hydrogen-bond donors (Lipinski definition) is 1. The molecule has 1 fully saturated rings. The predicted molar refractivity (Wildman–Crippen MR) is 139 cm³/mol. The highest BCUT2D eigenvalue weighted by Gasteiger charge is 2.27. The molecule has 0 aliphatic carbocycles. The molecular weight excluding hydrogens is 454 g/mol. The SMILES string of the molecule is CC(C)(C)OC(=O)N1CCCC(CNC(=O)C=Cc2cn(-c3ccccc3)nc2-c2cccnc2)C1. The third kappa shape index (κ3) is 6.81. The molecule has 2 aromatic heterocycles. The van der Waals surface area contributed by atoms with E-state index in [1.807, 2.05) is 69.4 Å². The van der Waals surface area contributed by atoms with Crippen molar-refractivity contribution in [3.8, 4) is 16.9 Å². The molecule has 1 aliphatic rings. The maximum atomic E-state index is 12.6. The predicted octanol–water partition coefficient (Wildman–Crippen LogP) is 4.71. The van der Waals surface area contributed by atoms with Crippen molar-refractivity contribution in [2.24, 2.45) is 5.92 Å².